The Morgan fingerprint density at radius 3 is 1.21 bits per heavy atom. The van der Waals surface area contributed by atoms with E-state index < -0.39 is 6.04 Å². The number of anilines is 6. The summed E-state index contributed by atoms with van der Waals surface area (Å²) in [5.74, 6) is 3.91. The predicted octanol–water partition coefficient (Wildman–Crippen LogP) is 11.5. The van der Waals surface area contributed by atoms with E-state index in [9.17, 15) is 62.3 Å². The Kier molecular flexibility index (Phi) is 35.4. The van der Waals surface area contributed by atoms with Crippen molar-refractivity contribution >= 4 is 215 Å². The monoisotopic (exact) mass is 2020 g/mol. The van der Waals surface area contributed by atoms with E-state index >= 15 is 0 Å². The number of imide groups is 2. The van der Waals surface area contributed by atoms with Crippen LogP contribution < -0.4 is 38.9 Å². The quantitative estimate of drug-likeness (QED) is 0.0412. The first-order chi connectivity index (χ1) is 68.2. The van der Waals surface area contributed by atoms with Crippen molar-refractivity contribution in [3.05, 3.63) is 197 Å². The van der Waals surface area contributed by atoms with Gasteiger partial charge in [0.1, 0.15) is 6.04 Å². The summed E-state index contributed by atoms with van der Waals surface area (Å²) >= 11 is 5.81. The number of fused-ring (bicyclic) bond motifs is 1. The van der Waals surface area contributed by atoms with Gasteiger partial charge in [-0.2, -0.15) is 0 Å². The third kappa shape index (κ3) is 28.0. The van der Waals surface area contributed by atoms with Crippen LogP contribution in [-0.2, 0) is 70.4 Å². The average Bonchev–Trinajstić information content (AvgIpc) is 1.69. The number of nitrogens with zero attached hydrogens (tertiary/aromatic N) is 22. The van der Waals surface area contributed by atoms with E-state index in [1.54, 1.807) is 115 Å². The van der Waals surface area contributed by atoms with Crippen molar-refractivity contribution < 1.29 is 76.5 Å². The molecule has 0 saturated carbocycles. The Labute approximate surface area is 838 Å². The van der Waals surface area contributed by atoms with Crippen molar-refractivity contribution in [2.45, 2.75) is 110 Å². The topological polar surface area (TPSA) is 437 Å². The first kappa shape index (κ1) is 102. The molecular weight excluding hydrogens is 1920 g/mol. The molecule has 18 heterocycles. The smallest absolute Gasteiger partial charge is 0.328 e. The second kappa shape index (κ2) is 48.9. The van der Waals surface area contributed by atoms with Crippen LogP contribution in [0.15, 0.2) is 152 Å². The number of hydrogen-bond acceptors (Lipinski definition) is 42. The van der Waals surface area contributed by atoms with Crippen LogP contribution in [0, 0.1) is 0 Å². The molecule has 0 radical (unpaired) electrons. The largest absolute Gasteiger partial charge is 0.467 e. The van der Waals surface area contributed by atoms with Crippen molar-refractivity contribution in [1.29, 1.82) is 0 Å². The Morgan fingerprint density at radius 2 is 0.801 bits per heavy atom. The van der Waals surface area contributed by atoms with Crippen molar-refractivity contribution in [3.8, 4) is 11.5 Å². The molecule has 38 nitrogen and oxygen atoms in total. The molecule has 1 atom stereocenters. The fourth-order valence-corrected chi connectivity index (χ4v) is 20.8. The van der Waals surface area contributed by atoms with Gasteiger partial charge in [-0.1, -0.05) is 36.4 Å². The lowest BCUT2D eigenvalue weighted by Crippen LogP contribution is -2.49. The molecule has 141 heavy (non-hydrogen) atoms. The lowest BCUT2D eigenvalue weighted by Gasteiger charge is -2.36. The molecule has 0 N–H and O–H groups in total. The van der Waals surface area contributed by atoms with Gasteiger partial charge in [0, 0.05) is 163 Å². The molecule has 12 aliphatic rings. The number of piperidine rings is 1. The highest BCUT2D eigenvalue weighted by Gasteiger charge is 2.38. The molecule has 0 spiro atoms. The van der Waals surface area contributed by atoms with Crippen molar-refractivity contribution in [2.24, 2.45) is 0 Å². The number of methoxy groups -OCH3 is 1. The molecule has 4 amide bonds. The number of esters is 1. The molecule has 11 saturated heterocycles. The number of hydrogen-bond donors (Lipinski definition) is 0. The Hall–Kier alpha value is -13.1. The van der Waals surface area contributed by atoms with E-state index in [2.05, 4.69) is 121 Å². The maximum atomic E-state index is 12.0. The third-order valence-electron chi connectivity index (χ3n) is 23.6. The zero-order valence-corrected chi connectivity index (χ0v) is 83.2. The first-order valence-electron chi connectivity index (χ1n) is 45.8. The number of rotatable bonds is 19. The number of ketones is 4. The molecular formula is C97H102N22O16S6. The minimum absolute atomic E-state index is 0.000561. The summed E-state index contributed by atoms with van der Waals surface area (Å²) in [7, 11) is 6.22. The predicted molar refractivity (Wildman–Crippen MR) is 543 cm³/mol. The fourth-order valence-electron chi connectivity index (χ4n) is 15.9. The Balaban J connectivity index is 0.000000129. The van der Waals surface area contributed by atoms with E-state index in [0.29, 0.717) is 118 Å². The first-order valence-corrected chi connectivity index (χ1v) is 50.7. The molecule has 20 rings (SSSR count). The second-order valence-corrected chi connectivity index (χ2v) is 40.2. The summed E-state index contributed by atoms with van der Waals surface area (Å²) in [4.78, 5) is 225. The van der Waals surface area contributed by atoms with Crippen LogP contribution in [0.1, 0.15) is 130 Å². The van der Waals surface area contributed by atoms with Gasteiger partial charge in [0.25, 0.3) is 22.3 Å². The standard InChI is InChI=1S/C21H20N4O4S.C18H17N3O2S.C16H21N5O2S.C15H16N4O4S.C14H15N3O2S.C13H13N3O2S/c26-16-11-20(27)30-19(16)10-15-3-4-22-21(23-15)25-7-5-24(6-8-25)12-14-1-2-17-18(9-14)29-13-28-17;1-21(10-8-13-5-3-2-4-6-13)18-19-9-7-14(20-18)11-16-15(22)12-17(23)24-16;1-11(2)20-6-8-21(9-7-20)15-17-5-4-12(18-15)10-13-14(22)19(3)16(23)24-13;1-18-12(20)11(24-15(18)22)8-9-5-6-16-14(17-9)19-7-3-4-10(19)13(21)23-2;18-11-9-13(19)20-12(11)8-10-4-5-15-14(16-10)17-6-2-1-3-7-17;17-10-8-12(18)19-11(10)7-9-3-4-14-13(15-9)16-5-1-2-6-16/h1-4,9-10H,5-8,11-13H2;2-7,9,11H,8,10,12H2,1H3;4-5,10-11H,6-9H2,1-3H3;5-6,8,10H,3-4,7H2,1-2H3;4-5,8H,1-3,6-7,9H2;3-4,7H,1-2,5-6,8H2. The van der Waals surface area contributed by atoms with Gasteiger partial charge in [-0.05, 0) is 232 Å². The lowest BCUT2D eigenvalue weighted by molar-refractivity contribution is -0.142. The van der Waals surface area contributed by atoms with Gasteiger partial charge >= 0.3 is 5.97 Å². The number of amides is 4. The minimum atomic E-state index is -0.395. The highest BCUT2D eigenvalue weighted by Crippen LogP contribution is 2.39. The molecule has 1 unspecified atom stereocenters. The molecule has 11 fully saturated rings. The molecule has 6 aromatic heterocycles. The van der Waals surface area contributed by atoms with Gasteiger partial charge in [-0.3, -0.25) is 77.1 Å². The van der Waals surface area contributed by atoms with E-state index in [-0.39, 0.29) is 104 Å². The highest BCUT2D eigenvalue weighted by molar-refractivity contribution is 8.20. The van der Waals surface area contributed by atoms with Crippen LogP contribution in [-0.4, -0.2) is 290 Å². The highest BCUT2D eigenvalue weighted by atomic mass is 32.2. The number of carbonyl (C=O) groups excluding carboxylic acids is 13. The van der Waals surface area contributed by atoms with E-state index in [4.69, 9.17) is 14.2 Å². The Bertz CT molecular complexity index is 6300. The normalized spacial score (nSPS) is 20.6. The van der Waals surface area contributed by atoms with Crippen molar-refractivity contribution in [3.63, 3.8) is 0 Å². The van der Waals surface area contributed by atoms with Crippen LogP contribution in [0.3, 0.4) is 0 Å². The van der Waals surface area contributed by atoms with Gasteiger partial charge < -0.3 is 43.6 Å². The summed E-state index contributed by atoms with van der Waals surface area (Å²) in [5.41, 5.74) is 6.26. The van der Waals surface area contributed by atoms with Gasteiger partial charge in [-0.15, -0.1) is 0 Å². The van der Waals surface area contributed by atoms with Gasteiger partial charge in [0.2, 0.25) is 62.9 Å². The van der Waals surface area contributed by atoms with E-state index in [0.717, 1.165) is 222 Å². The van der Waals surface area contributed by atoms with E-state index in [1.807, 2.05) is 42.3 Å². The summed E-state index contributed by atoms with van der Waals surface area (Å²) in [6, 6.07) is 26.9. The fraction of sp³-hybridized carbons (Fsp3) is 0.371. The zero-order valence-electron chi connectivity index (χ0n) is 78.3. The van der Waals surface area contributed by atoms with Crippen LogP contribution in [0.5, 0.6) is 11.5 Å². The van der Waals surface area contributed by atoms with Crippen LogP contribution in [0.2, 0.25) is 0 Å². The number of benzene rings is 2. The maximum absolute atomic E-state index is 12.0. The average molecular weight is 2020 g/mol. The molecule has 0 bridgehead atoms. The Morgan fingerprint density at radius 1 is 0.418 bits per heavy atom. The minimum Gasteiger partial charge on any atom is -0.467 e. The van der Waals surface area contributed by atoms with Gasteiger partial charge in [0.05, 0.1) is 96.4 Å². The van der Waals surface area contributed by atoms with Gasteiger partial charge in [-0.25, -0.2) is 64.6 Å². The number of Topliss-reactive ketones (excluding diaryl/α,β-unsaturated/α-hetero) is 4. The summed E-state index contributed by atoms with van der Waals surface area (Å²) in [6.07, 6.45) is 28.2. The van der Waals surface area contributed by atoms with E-state index in [1.165, 1.54) is 38.8 Å². The summed E-state index contributed by atoms with van der Waals surface area (Å²) in [5, 5.41) is -0.979. The van der Waals surface area contributed by atoms with Crippen LogP contribution in [0.4, 0.5) is 45.3 Å². The van der Waals surface area contributed by atoms with Crippen molar-refractivity contribution in [1.82, 2.24) is 79.4 Å². The molecule has 2 aromatic carbocycles. The third-order valence-corrected chi connectivity index (χ3v) is 29.3. The molecule has 12 aliphatic heterocycles. The number of ether oxygens (including phenoxy) is 3. The zero-order chi connectivity index (χ0) is 99.2. The number of thioether (sulfide) groups is 6. The van der Waals surface area contributed by atoms with Crippen LogP contribution in [0.25, 0.3) is 36.5 Å². The molecule has 44 heteroatoms. The van der Waals surface area contributed by atoms with Gasteiger partial charge in [0.15, 0.2) is 34.6 Å². The lowest BCUT2D eigenvalue weighted by atomic mass is 10.1. The number of carbonyl (C=O) groups is 13. The number of piperazine rings is 2. The number of likely N-dealkylation sites (N-methyl/N-ethyl adjacent to an activating group) is 3. The SMILES string of the molecule is CC(C)N1CCN(c2nccc(C=C3SC(=O)N(C)C3=O)n2)CC1.CN(CCc1ccccc1)c1nccc(C=C2SC(=O)CC2=O)n1.COC(=O)C1CCCN1c1nccc(C=C2SC(=O)N(C)C2=O)n1.O=C1CC(=O)C(=Cc2ccnc(N3CCCC3)n2)S1.O=C1CC(=O)C(=Cc2ccnc(N3CCCCC3)n2)S1.O=C1CC(=O)C(=Cc2ccnc(N3CCN(Cc4ccc5c(c4)OCO5)CC3)n2)S1. The molecule has 0 aliphatic carbocycles. The van der Waals surface area contributed by atoms with Crippen molar-refractivity contribution in [2.75, 3.05) is 156 Å². The number of allylic oxidation sites excluding steroid dienone is 4. The second-order valence-electron chi connectivity index (χ2n) is 33.8. The molecule has 732 valence electrons. The number of aromatic nitrogens is 12. The summed E-state index contributed by atoms with van der Waals surface area (Å²) < 4.78 is 15.7. The maximum Gasteiger partial charge on any atom is 0.328 e. The van der Waals surface area contributed by atoms with Crippen LogP contribution >= 0.6 is 70.6 Å². The summed E-state index contributed by atoms with van der Waals surface area (Å²) in [6.45, 7) is 18.1. The molecule has 8 aromatic rings.